The summed E-state index contributed by atoms with van der Waals surface area (Å²) in [4.78, 5) is 12.2. The maximum atomic E-state index is 12.2. The van der Waals surface area contributed by atoms with E-state index in [2.05, 4.69) is 31.2 Å². The van der Waals surface area contributed by atoms with Crippen molar-refractivity contribution in [3.8, 4) is 11.1 Å². The van der Waals surface area contributed by atoms with E-state index in [1.807, 2.05) is 19.3 Å². The third kappa shape index (κ3) is 2.02. The van der Waals surface area contributed by atoms with Crippen molar-refractivity contribution in [3.05, 3.63) is 69.3 Å². The first-order valence-electron chi connectivity index (χ1n) is 8.70. The van der Waals surface area contributed by atoms with E-state index in [0.29, 0.717) is 5.58 Å². The Morgan fingerprint density at radius 3 is 2.52 bits per heavy atom. The molecule has 0 bridgehead atoms. The van der Waals surface area contributed by atoms with E-state index < -0.39 is 0 Å². The van der Waals surface area contributed by atoms with Gasteiger partial charge in [0.05, 0.1) is 11.6 Å². The molecule has 2 aromatic heterocycles. The second-order valence-electron chi connectivity index (χ2n) is 6.99. The Kier molecular flexibility index (Phi) is 2.96. The highest BCUT2D eigenvalue weighted by Crippen LogP contribution is 2.40. The summed E-state index contributed by atoms with van der Waals surface area (Å²) in [6.45, 7) is 4.13. The van der Waals surface area contributed by atoms with Crippen LogP contribution in [0.3, 0.4) is 0 Å². The van der Waals surface area contributed by atoms with Gasteiger partial charge in [0.1, 0.15) is 11.2 Å². The average Bonchev–Trinajstić information content (AvgIpc) is 3.23. The lowest BCUT2D eigenvalue weighted by molar-refractivity contribution is 0.550. The summed E-state index contributed by atoms with van der Waals surface area (Å²) in [6.07, 6.45) is 4.54. The highest BCUT2D eigenvalue weighted by atomic mass is 16.4. The van der Waals surface area contributed by atoms with Crippen LogP contribution in [0.15, 0.2) is 50.2 Å². The van der Waals surface area contributed by atoms with E-state index in [-0.39, 0.29) is 5.63 Å². The van der Waals surface area contributed by atoms with Gasteiger partial charge in [-0.1, -0.05) is 29.8 Å². The molecule has 0 amide bonds. The number of hydrogen-bond acceptors (Lipinski definition) is 3. The van der Waals surface area contributed by atoms with Crippen LogP contribution in [0.5, 0.6) is 0 Å². The van der Waals surface area contributed by atoms with Crippen LogP contribution in [-0.4, -0.2) is 0 Å². The summed E-state index contributed by atoms with van der Waals surface area (Å²) in [5, 5.41) is 2.09. The first kappa shape index (κ1) is 14.5. The molecule has 124 valence electrons. The number of aryl methyl sites for hydroxylation is 3. The number of rotatable bonds is 1. The fourth-order valence-electron chi connectivity index (χ4n) is 4.10. The normalized spacial score (nSPS) is 13.7. The third-order valence-electron chi connectivity index (χ3n) is 5.34. The van der Waals surface area contributed by atoms with E-state index in [1.54, 1.807) is 0 Å². The van der Waals surface area contributed by atoms with Gasteiger partial charge in [-0.05, 0) is 55.9 Å². The summed E-state index contributed by atoms with van der Waals surface area (Å²) in [7, 11) is 0. The van der Waals surface area contributed by atoms with Crippen LogP contribution < -0.4 is 5.63 Å². The van der Waals surface area contributed by atoms with Crippen LogP contribution >= 0.6 is 0 Å². The fraction of sp³-hybridized carbons (Fsp3) is 0.227. The fourth-order valence-corrected chi connectivity index (χ4v) is 4.10. The molecule has 0 atom stereocenters. The largest absolute Gasteiger partial charge is 0.463 e. The van der Waals surface area contributed by atoms with Gasteiger partial charge in [-0.15, -0.1) is 0 Å². The predicted octanol–water partition coefficient (Wildman–Crippen LogP) is 5.31. The second kappa shape index (κ2) is 5.09. The topological polar surface area (TPSA) is 43.4 Å². The quantitative estimate of drug-likeness (QED) is 0.444. The predicted molar refractivity (Wildman–Crippen MR) is 99.2 cm³/mol. The van der Waals surface area contributed by atoms with Gasteiger partial charge in [-0.3, -0.25) is 0 Å². The Morgan fingerprint density at radius 1 is 0.960 bits per heavy atom. The van der Waals surface area contributed by atoms with Gasteiger partial charge in [0.15, 0.2) is 0 Å². The van der Waals surface area contributed by atoms with Crippen molar-refractivity contribution in [1.82, 2.24) is 0 Å². The Labute approximate surface area is 144 Å². The van der Waals surface area contributed by atoms with Gasteiger partial charge in [0.2, 0.25) is 0 Å². The van der Waals surface area contributed by atoms with Crippen LogP contribution in [0.4, 0.5) is 0 Å². The molecule has 0 N–H and O–H groups in total. The first-order valence-corrected chi connectivity index (χ1v) is 8.70. The molecule has 1 aliphatic rings. The Hall–Kier alpha value is -2.81. The molecule has 3 heteroatoms. The molecule has 5 rings (SSSR count). The van der Waals surface area contributed by atoms with Crippen molar-refractivity contribution in [3.63, 3.8) is 0 Å². The Morgan fingerprint density at radius 2 is 1.72 bits per heavy atom. The molecule has 0 saturated carbocycles. The Balaban J connectivity index is 1.90. The minimum absolute atomic E-state index is 0.191. The molecule has 2 heterocycles. The molecular weight excluding hydrogens is 312 g/mol. The monoisotopic (exact) mass is 330 g/mol. The van der Waals surface area contributed by atoms with Crippen LogP contribution in [-0.2, 0) is 12.8 Å². The van der Waals surface area contributed by atoms with Crippen molar-refractivity contribution >= 4 is 21.9 Å². The van der Waals surface area contributed by atoms with Gasteiger partial charge >= 0.3 is 5.63 Å². The van der Waals surface area contributed by atoms with Crippen LogP contribution in [0.1, 0.15) is 28.7 Å². The maximum absolute atomic E-state index is 12.2. The number of benzene rings is 2. The molecule has 0 unspecified atom stereocenters. The molecular formula is C22H18O3. The van der Waals surface area contributed by atoms with Crippen molar-refractivity contribution in [2.24, 2.45) is 0 Å². The molecule has 0 aliphatic heterocycles. The first-order chi connectivity index (χ1) is 12.1. The molecule has 0 fully saturated rings. The second-order valence-corrected chi connectivity index (χ2v) is 6.99. The highest BCUT2D eigenvalue weighted by molar-refractivity contribution is 6.11. The van der Waals surface area contributed by atoms with Gasteiger partial charge in [0.25, 0.3) is 0 Å². The minimum Gasteiger partial charge on any atom is -0.463 e. The van der Waals surface area contributed by atoms with Gasteiger partial charge in [-0.25, -0.2) is 4.79 Å². The molecule has 0 saturated heterocycles. The van der Waals surface area contributed by atoms with Crippen molar-refractivity contribution in [2.45, 2.75) is 33.1 Å². The summed E-state index contributed by atoms with van der Waals surface area (Å²) < 4.78 is 11.6. The lowest BCUT2D eigenvalue weighted by Crippen LogP contribution is -2.07. The van der Waals surface area contributed by atoms with Crippen LogP contribution in [0.2, 0.25) is 0 Å². The van der Waals surface area contributed by atoms with Crippen molar-refractivity contribution in [2.75, 3.05) is 0 Å². The number of furan rings is 1. The van der Waals surface area contributed by atoms with Gasteiger partial charge in [0, 0.05) is 16.5 Å². The molecule has 0 radical (unpaired) electrons. The number of hydrogen-bond donors (Lipinski definition) is 0. The number of fused-ring (bicyclic) bond motifs is 5. The van der Waals surface area contributed by atoms with Crippen molar-refractivity contribution in [1.29, 1.82) is 0 Å². The highest BCUT2D eigenvalue weighted by Gasteiger charge is 2.24. The summed E-state index contributed by atoms with van der Waals surface area (Å²) in [6, 6.07) is 10.4. The lowest BCUT2D eigenvalue weighted by Gasteiger charge is -2.08. The molecule has 2 aromatic carbocycles. The molecule has 25 heavy (non-hydrogen) atoms. The summed E-state index contributed by atoms with van der Waals surface area (Å²) >= 11 is 0. The van der Waals surface area contributed by atoms with Gasteiger partial charge in [-0.2, -0.15) is 0 Å². The standard InChI is InChI=1S/C22H18O3/c1-12-6-8-14(9-7-12)17-11-24-21-19(17)13(2)10-18-20(21)15-4-3-5-16(15)22(23)25-18/h6-11H,3-5H2,1-2H3. The zero-order valence-corrected chi connectivity index (χ0v) is 14.3. The average molecular weight is 330 g/mol. The molecule has 1 aliphatic carbocycles. The van der Waals surface area contributed by atoms with E-state index in [9.17, 15) is 4.79 Å². The van der Waals surface area contributed by atoms with E-state index in [1.165, 1.54) is 5.56 Å². The SMILES string of the molecule is Cc1ccc(-c2coc3c2c(C)cc2oc(=O)c4c(c23)CCC4)cc1. The summed E-state index contributed by atoms with van der Waals surface area (Å²) in [5.74, 6) is 0. The molecule has 4 aromatic rings. The third-order valence-corrected chi connectivity index (χ3v) is 5.34. The van der Waals surface area contributed by atoms with E-state index in [0.717, 1.165) is 63.4 Å². The van der Waals surface area contributed by atoms with E-state index >= 15 is 0 Å². The zero-order chi connectivity index (χ0) is 17.1. The van der Waals surface area contributed by atoms with Crippen LogP contribution in [0.25, 0.3) is 33.1 Å². The smallest absolute Gasteiger partial charge is 0.339 e. The van der Waals surface area contributed by atoms with E-state index in [4.69, 9.17) is 8.83 Å². The van der Waals surface area contributed by atoms with Crippen molar-refractivity contribution < 1.29 is 8.83 Å². The Bertz CT molecular complexity index is 1190. The maximum Gasteiger partial charge on any atom is 0.339 e. The molecule has 0 spiro atoms. The zero-order valence-electron chi connectivity index (χ0n) is 14.3. The lowest BCUT2D eigenvalue weighted by atomic mass is 9.97. The summed E-state index contributed by atoms with van der Waals surface area (Å²) in [5.41, 5.74) is 7.75. The van der Waals surface area contributed by atoms with Crippen LogP contribution in [0, 0.1) is 13.8 Å². The molecule has 3 nitrogen and oxygen atoms in total. The van der Waals surface area contributed by atoms with Gasteiger partial charge < -0.3 is 8.83 Å². The minimum atomic E-state index is -0.191.